The number of benzene rings is 1. The second-order valence-corrected chi connectivity index (χ2v) is 3.46. The molecule has 0 atom stereocenters. The molecule has 5 heteroatoms. The first-order valence-electron chi connectivity index (χ1n) is 3.79. The van der Waals surface area contributed by atoms with Gasteiger partial charge in [0.15, 0.2) is 0 Å². The zero-order valence-electron chi connectivity index (χ0n) is 6.84. The molecule has 0 unspecified atom stereocenters. The number of hydrogen-bond donors (Lipinski definition) is 0. The van der Waals surface area contributed by atoms with E-state index in [2.05, 4.69) is 15.9 Å². The molecule has 2 rings (SSSR count). The molecule has 1 aromatic carbocycles. The van der Waals surface area contributed by atoms with E-state index in [9.17, 15) is 8.78 Å². The average Bonchev–Trinajstić information content (AvgIpc) is 2.63. The predicted molar refractivity (Wildman–Crippen MR) is 48.1 cm³/mol. The molecule has 1 aliphatic heterocycles. The highest BCUT2D eigenvalue weighted by Gasteiger charge is 2.21. The van der Waals surface area contributed by atoms with Crippen molar-refractivity contribution in [2.45, 2.75) is 6.29 Å². The van der Waals surface area contributed by atoms with Crippen LogP contribution in [0.3, 0.4) is 0 Å². The fourth-order valence-electron chi connectivity index (χ4n) is 1.13. The van der Waals surface area contributed by atoms with E-state index in [-0.39, 0.29) is 10.0 Å². The maximum Gasteiger partial charge on any atom is 0.267 e. The number of ether oxygens (including phenoxy) is 2. The molecule has 1 aromatic rings. The number of rotatable bonds is 1. The Hall–Kier alpha value is -1.10. The molecule has 0 saturated carbocycles. The summed E-state index contributed by atoms with van der Waals surface area (Å²) in [5.74, 6) is -1.35. The molecule has 1 aliphatic rings. The van der Waals surface area contributed by atoms with Crippen molar-refractivity contribution in [1.29, 1.82) is 0 Å². The van der Waals surface area contributed by atoms with Crippen molar-refractivity contribution in [3.05, 3.63) is 46.3 Å². The van der Waals surface area contributed by atoms with Gasteiger partial charge in [-0.15, -0.1) is 0 Å². The highest BCUT2D eigenvalue weighted by molar-refractivity contribution is 9.10. The molecular formula is C9H5BrF2O2. The van der Waals surface area contributed by atoms with Gasteiger partial charge in [-0.05, 0) is 22.0 Å². The van der Waals surface area contributed by atoms with Crippen LogP contribution in [0.1, 0.15) is 11.9 Å². The molecule has 0 spiro atoms. The lowest BCUT2D eigenvalue weighted by Gasteiger charge is -2.12. The Morgan fingerprint density at radius 1 is 1.14 bits per heavy atom. The monoisotopic (exact) mass is 262 g/mol. The molecule has 0 aliphatic carbocycles. The van der Waals surface area contributed by atoms with Gasteiger partial charge in [-0.3, -0.25) is 0 Å². The quantitative estimate of drug-likeness (QED) is 0.724. The van der Waals surface area contributed by atoms with E-state index in [4.69, 9.17) is 9.47 Å². The molecule has 74 valence electrons. The Labute approximate surface area is 87.3 Å². The van der Waals surface area contributed by atoms with E-state index in [0.717, 1.165) is 12.1 Å². The van der Waals surface area contributed by atoms with E-state index >= 15 is 0 Å². The molecule has 0 N–H and O–H groups in total. The molecule has 2 nitrogen and oxygen atoms in total. The summed E-state index contributed by atoms with van der Waals surface area (Å²) in [4.78, 5) is 0. The topological polar surface area (TPSA) is 18.5 Å². The van der Waals surface area contributed by atoms with Crippen LogP contribution in [0.15, 0.2) is 29.1 Å². The van der Waals surface area contributed by atoms with Gasteiger partial charge in [0.1, 0.15) is 24.2 Å². The van der Waals surface area contributed by atoms with E-state index in [1.165, 1.54) is 12.5 Å². The summed E-state index contributed by atoms with van der Waals surface area (Å²) in [5, 5.41) is 0. The van der Waals surface area contributed by atoms with Gasteiger partial charge < -0.3 is 9.47 Å². The minimum atomic E-state index is -0.783. The van der Waals surface area contributed by atoms with E-state index in [1.807, 2.05) is 0 Å². The Kier molecular flexibility index (Phi) is 2.41. The van der Waals surface area contributed by atoms with Gasteiger partial charge in [0, 0.05) is 6.07 Å². The van der Waals surface area contributed by atoms with Crippen molar-refractivity contribution >= 4 is 15.9 Å². The van der Waals surface area contributed by atoms with Gasteiger partial charge in [0.05, 0.1) is 10.0 Å². The summed E-state index contributed by atoms with van der Waals surface area (Å²) in [6.45, 7) is 0. The molecule has 0 fully saturated rings. The molecule has 0 saturated heterocycles. The fourth-order valence-corrected chi connectivity index (χ4v) is 1.55. The third-order valence-electron chi connectivity index (χ3n) is 1.73. The van der Waals surface area contributed by atoms with Crippen molar-refractivity contribution < 1.29 is 18.3 Å². The van der Waals surface area contributed by atoms with Gasteiger partial charge in [-0.2, -0.15) is 0 Å². The van der Waals surface area contributed by atoms with Crippen molar-refractivity contribution in [3.8, 4) is 0 Å². The number of hydrogen-bond acceptors (Lipinski definition) is 2. The Morgan fingerprint density at radius 3 is 2.43 bits per heavy atom. The molecule has 0 bridgehead atoms. The number of halogens is 3. The zero-order valence-corrected chi connectivity index (χ0v) is 8.42. The van der Waals surface area contributed by atoms with Crippen molar-refractivity contribution in [2.75, 3.05) is 0 Å². The van der Waals surface area contributed by atoms with Crippen LogP contribution in [0.4, 0.5) is 8.78 Å². The largest absolute Gasteiger partial charge is 0.455 e. The van der Waals surface area contributed by atoms with Crippen molar-refractivity contribution in [3.63, 3.8) is 0 Å². The third kappa shape index (κ3) is 1.59. The van der Waals surface area contributed by atoms with Crippen molar-refractivity contribution in [1.82, 2.24) is 0 Å². The standard InChI is InChI=1S/C9H5BrF2O2/c10-8-6(9-13-1-2-14-9)3-5(11)4-7(8)12/h1-4,9H. The summed E-state index contributed by atoms with van der Waals surface area (Å²) < 4.78 is 36.0. The van der Waals surface area contributed by atoms with Crippen LogP contribution in [0.2, 0.25) is 0 Å². The highest BCUT2D eigenvalue weighted by Crippen LogP contribution is 2.32. The van der Waals surface area contributed by atoms with Crippen molar-refractivity contribution in [2.24, 2.45) is 0 Å². The van der Waals surface area contributed by atoms with Crippen LogP contribution in [0.25, 0.3) is 0 Å². The molecular weight excluding hydrogens is 258 g/mol. The summed E-state index contributed by atoms with van der Waals surface area (Å²) in [5.41, 5.74) is 0.285. The van der Waals surface area contributed by atoms with E-state index in [1.54, 1.807) is 0 Å². The molecule has 0 aromatic heterocycles. The Bertz CT molecular complexity index is 385. The van der Waals surface area contributed by atoms with E-state index < -0.39 is 17.9 Å². The Morgan fingerprint density at radius 2 is 1.79 bits per heavy atom. The maximum atomic E-state index is 13.1. The summed E-state index contributed by atoms with van der Waals surface area (Å²) in [7, 11) is 0. The lowest BCUT2D eigenvalue weighted by Crippen LogP contribution is -2.01. The lowest BCUT2D eigenvalue weighted by molar-refractivity contribution is -0.0256. The van der Waals surface area contributed by atoms with Crippen LogP contribution < -0.4 is 0 Å². The maximum absolute atomic E-state index is 13.1. The van der Waals surface area contributed by atoms with Crippen LogP contribution in [0, 0.1) is 11.6 Å². The second kappa shape index (κ2) is 3.57. The summed E-state index contributed by atoms with van der Waals surface area (Å²) in [6.07, 6.45) is 1.86. The minimum Gasteiger partial charge on any atom is -0.455 e. The van der Waals surface area contributed by atoms with Crippen LogP contribution in [-0.2, 0) is 9.47 Å². The van der Waals surface area contributed by atoms with Gasteiger partial charge in [-0.1, -0.05) is 0 Å². The fraction of sp³-hybridized carbons (Fsp3) is 0.111. The van der Waals surface area contributed by atoms with Gasteiger partial charge >= 0.3 is 0 Å². The lowest BCUT2D eigenvalue weighted by atomic mass is 10.2. The minimum absolute atomic E-state index is 0.146. The molecule has 0 radical (unpaired) electrons. The SMILES string of the molecule is Fc1cc(F)c(Br)c(C2OC=CO2)c1. The van der Waals surface area contributed by atoms with Gasteiger partial charge in [0.25, 0.3) is 6.29 Å². The smallest absolute Gasteiger partial charge is 0.267 e. The molecule has 0 amide bonds. The third-order valence-corrected chi connectivity index (χ3v) is 2.57. The molecule has 1 heterocycles. The van der Waals surface area contributed by atoms with Crippen LogP contribution in [-0.4, -0.2) is 0 Å². The Balaban J connectivity index is 2.41. The van der Waals surface area contributed by atoms with Crippen LogP contribution >= 0.6 is 15.9 Å². The zero-order chi connectivity index (χ0) is 10.1. The van der Waals surface area contributed by atoms with E-state index in [0.29, 0.717) is 0 Å². The predicted octanol–water partition coefficient (Wildman–Crippen LogP) is 3.24. The van der Waals surface area contributed by atoms with Gasteiger partial charge in [-0.25, -0.2) is 8.78 Å². The second-order valence-electron chi connectivity index (χ2n) is 2.67. The first kappa shape index (κ1) is 9.45. The van der Waals surface area contributed by atoms with Crippen LogP contribution in [0.5, 0.6) is 0 Å². The first-order valence-corrected chi connectivity index (χ1v) is 4.58. The van der Waals surface area contributed by atoms with Gasteiger partial charge in [0.2, 0.25) is 0 Å². The summed E-state index contributed by atoms with van der Waals surface area (Å²) in [6, 6.07) is 1.95. The average molecular weight is 263 g/mol. The summed E-state index contributed by atoms with van der Waals surface area (Å²) >= 11 is 2.99. The highest BCUT2D eigenvalue weighted by atomic mass is 79.9. The normalized spacial score (nSPS) is 15.4. The first-order chi connectivity index (χ1) is 6.68. The molecule has 14 heavy (non-hydrogen) atoms.